The average molecular weight is 370 g/mol. The molecule has 1 amide bonds. The molecule has 1 unspecified atom stereocenters. The fraction of sp³-hybridized carbons (Fsp3) is 0.125. The van der Waals surface area contributed by atoms with Gasteiger partial charge in [-0.3, -0.25) is 4.79 Å². The Labute approximate surface area is 148 Å². The van der Waals surface area contributed by atoms with Gasteiger partial charge in [-0.1, -0.05) is 40.9 Å². The Morgan fingerprint density at radius 1 is 1.17 bits per heavy atom. The Morgan fingerprint density at radius 3 is 2.57 bits per heavy atom. The highest BCUT2D eigenvalue weighted by Gasteiger charge is 2.17. The fourth-order valence-electron chi connectivity index (χ4n) is 1.75. The van der Waals surface area contributed by atoms with E-state index in [9.17, 15) is 4.79 Å². The van der Waals surface area contributed by atoms with Gasteiger partial charge in [-0.05, 0) is 31.2 Å². The second-order valence-corrected chi connectivity index (χ2v) is 5.86. The lowest BCUT2D eigenvalue weighted by atomic mass is 10.2. The van der Waals surface area contributed by atoms with Crippen molar-refractivity contribution in [1.29, 1.82) is 5.26 Å². The zero-order chi connectivity index (χ0) is 17.0. The average Bonchev–Trinajstić information content (AvgIpc) is 2.52. The van der Waals surface area contributed by atoms with Gasteiger partial charge in [-0.25, -0.2) is 0 Å². The SMILES string of the molecule is CC(Oc1cc(Cl)c(Cl)cc1Cl)C(=O)Nc1cccc(C#N)c1. The van der Waals surface area contributed by atoms with Gasteiger partial charge >= 0.3 is 0 Å². The van der Waals surface area contributed by atoms with Crippen molar-refractivity contribution in [2.24, 2.45) is 0 Å². The van der Waals surface area contributed by atoms with Gasteiger partial charge in [0.05, 0.1) is 26.7 Å². The third-order valence-corrected chi connectivity index (χ3v) is 3.92. The summed E-state index contributed by atoms with van der Waals surface area (Å²) in [7, 11) is 0. The highest BCUT2D eigenvalue weighted by Crippen LogP contribution is 2.34. The van der Waals surface area contributed by atoms with Crippen molar-refractivity contribution >= 4 is 46.4 Å². The zero-order valence-corrected chi connectivity index (χ0v) is 14.2. The maximum Gasteiger partial charge on any atom is 0.265 e. The minimum absolute atomic E-state index is 0.255. The van der Waals surface area contributed by atoms with Crippen molar-refractivity contribution in [2.75, 3.05) is 5.32 Å². The minimum Gasteiger partial charge on any atom is -0.479 e. The molecule has 0 radical (unpaired) electrons. The number of nitrogens with zero attached hydrogens (tertiary/aromatic N) is 1. The van der Waals surface area contributed by atoms with Crippen LogP contribution in [0.15, 0.2) is 36.4 Å². The van der Waals surface area contributed by atoms with Gasteiger partial charge in [0.25, 0.3) is 5.91 Å². The molecular formula is C16H11Cl3N2O2. The summed E-state index contributed by atoms with van der Waals surface area (Å²) >= 11 is 17.8. The van der Waals surface area contributed by atoms with Crippen LogP contribution in [0.3, 0.4) is 0 Å². The molecule has 1 N–H and O–H groups in total. The standard InChI is InChI=1S/C16H11Cl3N2O2/c1-9(23-15-7-13(18)12(17)6-14(15)19)16(22)21-11-4-2-3-10(5-11)8-20/h2-7,9H,1H3,(H,21,22). The number of halogens is 3. The van der Waals surface area contributed by atoms with E-state index in [4.69, 9.17) is 44.8 Å². The molecule has 0 spiro atoms. The lowest BCUT2D eigenvalue weighted by Crippen LogP contribution is -2.30. The lowest BCUT2D eigenvalue weighted by Gasteiger charge is -2.16. The fourth-order valence-corrected chi connectivity index (χ4v) is 2.33. The number of nitrogens with one attached hydrogen (secondary N) is 1. The van der Waals surface area contributed by atoms with E-state index in [1.54, 1.807) is 31.2 Å². The molecule has 2 aromatic rings. The Kier molecular flexibility index (Phi) is 5.73. The number of anilines is 1. The van der Waals surface area contributed by atoms with Crippen molar-refractivity contribution < 1.29 is 9.53 Å². The van der Waals surface area contributed by atoms with Crippen molar-refractivity contribution in [3.05, 3.63) is 57.0 Å². The Balaban J connectivity index is 2.08. The van der Waals surface area contributed by atoms with Crippen molar-refractivity contribution in [1.82, 2.24) is 0 Å². The number of rotatable bonds is 4. The molecule has 118 valence electrons. The van der Waals surface area contributed by atoms with Gasteiger partial charge in [-0.2, -0.15) is 5.26 Å². The monoisotopic (exact) mass is 368 g/mol. The first-order chi connectivity index (χ1) is 10.9. The molecule has 4 nitrogen and oxygen atoms in total. The normalized spacial score (nSPS) is 11.4. The van der Waals surface area contributed by atoms with Crippen LogP contribution in [0.2, 0.25) is 15.1 Å². The third kappa shape index (κ3) is 4.52. The number of hydrogen-bond donors (Lipinski definition) is 1. The van der Waals surface area contributed by atoms with E-state index in [0.29, 0.717) is 16.3 Å². The molecule has 0 saturated carbocycles. The van der Waals surface area contributed by atoms with Crippen molar-refractivity contribution in [2.45, 2.75) is 13.0 Å². The van der Waals surface area contributed by atoms with Crippen LogP contribution in [0.1, 0.15) is 12.5 Å². The molecule has 0 aliphatic heterocycles. The van der Waals surface area contributed by atoms with Gasteiger partial charge < -0.3 is 10.1 Å². The largest absolute Gasteiger partial charge is 0.479 e. The van der Waals surface area contributed by atoms with Crippen LogP contribution in [0.4, 0.5) is 5.69 Å². The predicted molar refractivity (Wildman–Crippen MR) is 91.3 cm³/mol. The van der Waals surface area contributed by atoms with Crippen molar-refractivity contribution in [3.63, 3.8) is 0 Å². The van der Waals surface area contributed by atoms with Gasteiger partial charge in [0.2, 0.25) is 0 Å². The predicted octanol–water partition coefficient (Wildman–Crippen LogP) is 4.92. The highest BCUT2D eigenvalue weighted by atomic mass is 35.5. The number of carbonyl (C=O) groups is 1. The summed E-state index contributed by atoms with van der Waals surface area (Å²) in [6.07, 6.45) is -0.824. The van der Waals surface area contributed by atoms with E-state index in [1.807, 2.05) is 6.07 Å². The van der Waals surface area contributed by atoms with Crippen LogP contribution in [-0.4, -0.2) is 12.0 Å². The van der Waals surface area contributed by atoms with Crippen LogP contribution in [0.5, 0.6) is 5.75 Å². The molecule has 0 bridgehead atoms. The zero-order valence-electron chi connectivity index (χ0n) is 11.9. The van der Waals surface area contributed by atoms with E-state index >= 15 is 0 Å². The first-order valence-corrected chi connectivity index (χ1v) is 7.66. The molecule has 7 heteroatoms. The first kappa shape index (κ1) is 17.4. The highest BCUT2D eigenvalue weighted by molar-refractivity contribution is 6.43. The van der Waals surface area contributed by atoms with E-state index in [0.717, 1.165) is 0 Å². The van der Waals surface area contributed by atoms with Crippen LogP contribution < -0.4 is 10.1 Å². The summed E-state index contributed by atoms with van der Waals surface area (Å²) < 4.78 is 5.52. The Bertz CT molecular complexity index is 787. The number of carbonyl (C=O) groups excluding carboxylic acids is 1. The van der Waals surface area contributed by atoms with Crippen LogP contribution in [-0.2, 0) is 4.79 Å². The molecule has 1 atom stereocenters. The minimum atomic E-state index is -0.824. The number of benzene rings is 2. The smallest absolute Gasteiger partial charge is 0.265 e. The summed E-state index contributed by atoms with van der Waals surface area (Å²) in [5, 5.41) is 12.4. The maximum absolute atomic E-state index is 12.2. The summed E-state index contributed by atoms with van der Waals surface area (Å²) in [4.78, 5) is 12.2. The molecule has 2 rings (SSSR count). The number of amides is 1. The molecule has 0 saturated heterocycles. The topological polar surface area (TPSA) is 62.1 Å². The summed E-state index contributed by atoms with van der Waals surface area (Å²) in [6.45, 7) is 1.57. The van der Waals surface area contributed by atoms with E-state index < -0.39 is 6.10 Å². The van der Waals surface area contributed by atoms with Gasteiger partial charge in [0.1, 0.15) is 5.75 Å². The van der Waals surface area contributed by atoms with Crippen molar-refractivity contribution in [3.8, 4) is 11.8 Å². The molecule has 0 heterocycles. The summed E-state index contributed by atoms with van der Waals surface area (Å²) in [6, 6.07) is 11.5. The molecule has 0 fully saturated rings. The molecule has 2 aromatic carbocycles. The summed E-state index contributed by atoms with van der Waals surface area (Å²) in [5.41, 5.74) is 0.952. The molecule has 0 aromatic heterocycles. The molecule has 0 aliphatic carbocycles. The number of nitriles is 1. The summed E-state index contributed by atoms with van der Waals surface area (Å²) in [5.74, 6) is -0.128. The van der Waals surface area contributed by atoms with Gasteiger partial charge in [0.15, 0.2) is 6.10 Å². The maximum atomic E-state index is 12.2. The van der Waals surface area contributed by atoms with E-state index in [-0.39, 0.29) is 21.7 Å². The van der Waals surface area contributed by atoms with Gasteiger partial charge in [-0.15, -0.1) is 0 Å². The Morgan fingerprint density at radius 2 is 1.87 bits per heavy atom. The van der Waals surface area contributed by atoms with E-state index in [2.05, 4.69) is 5.32 Å². The van der Waals surface area contributed by atoms with Gasteiger partial charge in [0, 0.05) is 11.8 Å². The second kappa shape index (κ2) is 7.56. The van der Waals surface area contributed by atoms with E-state index in [1.165, 1.54) is 12.1 Å². The molecule has 0 aliphatic rings. The number of hydrogen-bond acceptors (Lipinski definition) is 3. The lowest BCUT2D eigenvalue weighted by molar-refractivity contribution is -0.122. The second-order valence-electron chi connectivity index (χ2n) is 4.64. The molecular weight excluding hydrogens is 359 g/mol. The quantitative estimate of drug-likeness (QED) is 0.778. The van der Waals surface area contributed by atoms with Crippen LogP contribution in [0.25, 0.3) is 0 Å². The van der Waals surface area contributed by atoms with Crippen LogP contribution >= 0.6 is 34.8 Å². The molecule has 23 heavy (non-hydrogen) atoms. The van der Waals surface area contributed by atoms with Crippen LogP contribution in [0, 0.1) is 11.3 Å². The third-order valence-electron chi connectivity index (χ3n) is 2.91. The Hall–Kier alpha value is -1.93. The number of ether oxygens (including phenoxy) is 1. The first-order valence-electron chi connectivity index (χ1n) is 6.53.